The van der Waals surface area contributed by atoms with Crippen LogP contribution in [0.15, 0.2) is 48.5 Å². The molecule has 2 aromatic rings. The first kappa shape index (κ1) is 18.8. The Morgan fingerprint density at radius 1 is 1.00 bits per heavy atom. The topological polar surface area (TPSA) is 47.6 Å². The van der Waals surface area contributed by atoms with Crippen LogP contribution in [0.3, 0.4) is 0 Å². The lowest BCUT2D eigenvalue weighted by Gasteiger charge is -2.15. The number of ether oxygens (including phenoxy) is 2. The Kier molecular flexibility index (Phi) is 7.33. The van der Waals surface area contributed by atoms with Crippen LogP contribution in [0.5, 0.6) is 11.5 Å². The molecule has 0 aliphatic heterocycles. The van der Waals surface area contributed by atoms with E-state index in [-0.39, 0.29) is 5.91 Å². The molecule has 134 valence electrons. The second-order valence-corrected chi connectivity index (χ2v) is 5.97. The van der Waals surface area contributed by atoms with E-state index in [1.807, 2.05) is 48.5 Å². The molecule has 4 nitrogen and oxygen atoms in total. The van der Waals surface area contributed by atoms with Gasteiger partial charge in [-0.3, -0.25) is 4.79 Å². The molecule has 0 heterocycles. The van der Waals surface area contributed by atoms with Gasteiger partial charge in [-0.15, -0.1) is 0 Å². The van der Waals surface area contributed by atoms with E-state index in [1.165, 1.54) is 5.56 Å². The lowest BCUT2D eigenvalue weighted by Crippen LogP contribution is -2.30. The lowest BCUT2D eigenvalue weighted by molar-refractivity contribution is -0.122. The zero-order chi connectivity index (χ0) is 18.1. The van der Waals surface area contributed by atoms with Crippen molar-refractivity contribution in [3.05, 3.63) is 54.1 Å². The van der Waals surface area contributed by atoms with E-state index in [9.17, 15) is 4.79 Å². The summed E-state index contributed by atoms with van der Waals surface area (Å²) in [4.78, 5) is 12.3. The summed E-state index contributed by atoms with van der Waals surface area (Å²) >= 11 is 0. The van der Waals surface area contributed by atoms with Crippen LogP contribution in [0.4, 0.5) is 5.69 Å². The molecule has 0 aliphatic carbocycles. The van der Waals surface area contributed by atoms with Gasteiger partial charge in [0.15, 0.2) is 6.10 Å². The predicted octanol–water partition coefficient (Wildman–Crippen LogP) is 4.83. The third kappa shape index (κ3) is 6.14. The Hall–Kier alpha value is -2.49. The number of nitrogens with one attached hydrogen (secondary N) is 1. The Balaban J connectivity index is 1.85. The highest BCUT2D eigenvalue weighted by Crippen LogP contribution is 2.18. The molecule has 0 saturated heterocycles. The average Bonchev–Trinajstić information content (AvgIpc) is 2.64. The second-order valence-electron chi connectivity index (χ2n) is 5.97. The first-order valence-electron chi connectivity index (χ1n) is 8.91. The number of amides is 1. The van der Waals surface area contributed by atoms with Gasteiger partial charge in [-0.1, -0.05) is 32.4 Å². The number of rotatable bonds is 9. The first-order chi connectivity index (χ1) is 12.1. The normalized spacial score (nSPS) is 11.6. The largest absolute Gasteiger partial charge is 0.494 e. The maximum absolute atomic E-state index is 12.3. The van der Waals surface area contributed by atoms with Gasteiger partial charge in [0.2, 0.25) is 0 Å². The van der Waals surface area contributed by atoms with Crippen LogP contribution in [-0.2, 0) is 11.2 Å². The van der Waals surface area contributed by atoms with Crippen LogP contribution in [-0.4, -0.2) is 18.6 Å². The molecule has 0 aliphatic rings. The summed E-state index contributed by atoms with van der Waals surface area (Å²) < 4.78 is 11.3. The summed E-state index contributed by atoms with van der Waals surface area (Å²) in [5.74, 6) is 1.32. The third-order valence-electron chi connectivity index (χ3n) is 3.90. The Bertz CT molecular complexity index is 650. The number of carbonyl (C=O) groups excluding carboxylic acids is 1. The van der Waals surface area contributed by atoms with Crippen LogP contribution < -0.4 is 14.8 Å². The van der Waals surface area contributed by atoms with E-state index in [2.05, 4.69) is 19.2 Å². The zero-order valence-electron chi connectivity index (χ0n) is 15.2. The zero-order valence-corrected chi connectivity index (χ0v) is 15.2. The number of hydrogen-bond donors (Lipinski definition) is 1. The lowest BCUT2D eigenvalue weighted by atomic mass is 10.2. The van der Waals surface area contributed by atoms with Crippen molar-refractivity contribution < 1.29 is 14.3 Å². The minimum Gasteiger partial charge on any atom is -0.494 e. The third-order valence-corrected chi connectivity index (χ3v) is 3.90. The summed E-state index contributed by atoms with van der Waals surface area (Å²) in [6.45, 7) is 6.69. The van der Waals surface area contributed by atoms with Crippen LogP contribution in [0.2, 0.25) is 0 Å². The molecular weight excluding hydrogens is 314 g/mol. The molecule has 0 fully saturated rings. The molecule has 1 N–H and O–H groups in total. The molecule has 2 aromatic carbocycles. The fourth-order valence-corrected chi connectivity index (χ4v) is 2.27. The van der Waals surface area contributed by atoms with Crippen molar-refractivity contribution in [1.82, 2.24) is 0 Å². The summed E-state index contributed by atoms with van der Waals surface area (Å²) in [6, 6.07) is 15.2. The SMILES string of the molecule is CCCCOc1ccc(NC(=O)C(C)Oc2ccc(CC)cc2)cc1. The van der Waals surface area contributed by atoms with E-state index in [0.717, 1.165) is 30.7 Å². The average molecular weight is 341 g/mol. The summed E-state index contributed by atoms with van der Waals surface area (Å²) in [7, 11) is 0. The fourth-order valence-electron chi connectivity index (χ4n) is 2.27. The van der Waals surface area contributed by atoms with Crippen LogP contribution in [0.25, 0.3) is 0 Å². The highest BCUT2D eigenvalue weighted by molar-refractivity contribution is 5.94. The Morgan fingerprint density at radius 3 is 2.24 bits per heavy atom. The molecule has 0 aromatic heterocycles. The number of aryl methyl sites for hydroxylation is 1. The second kappa shape index (κ2) is 9.72. The van der Waals surface area contributed by atoms with Gasteiger partial charge in [0.05, 0.1) is 6.61 Å². The van der Waals surface area contributed by atoms with Crippen molar-refractivity contribution in [1.29, 1.82) is 0 Å². The molecule has 1 atom stereocenters. The minimum absolute atomic E-state index is 0.181. The number of benzene rings is 2. The highest BCUT2D eigenvalue weighted by Gasteiger charge is 2.14. The molecule has 1 unspecified atom stereocenters. The van der Waals surface area contributed by atoms with Crippen molar-refractivity contribution in [2.45, 2.75) is 46.1 Å². The molecule has 25 heavy (non-hydrogen) atoms. The van der Waals surface area contributed by atoms with Gasteiger partial charge in [0, 0.05) is 5.69 Å². The van der Waals surface area contributed by atoms with Crippen molar-refractivity contribution in [2.24, 2.45) is 0 Å². The van der Waals surface area contributed by atoms with Crippen molar-refractivity contribution in [3.63, 3.8) is 0 Å². The van der Waals surface area contributed by atoms with E-state index < -0.39 is 6.10 Å². The molecule has 4 heteroatoms. The molecule has 0 spiro atoms. The Labute approximate surface area is 150 Å². The van der Waals surface area contributed by atoms with E-state index in [4.69, 9.17) is 9.47 Å². The maximum atomic E-state index is 12.3. The molecular formula is C21H27NO3. The molecule has 1 amide bonds. The van der Waals surface area contributed by atoms with Crippen LogP contribution >= 0.6 is 0 Å². The van der Waals surface area contributed by atoms with Gasteiger partial charge in [-0.25, -0.2) is 0 Å². The first-order valence-corrected chi connectivity index (χ1v) is 8.91. The van der Waals surface area contributed by atoms with Gasteiger partial charge in [0.1, 0.15) is 11.5 Å². The minimum atomic E-state index is -0.576. The molecule has 0 bridgehead atoms. The maximum Gasteiger partial charge on any atom is 0.265 e. The fraction of sp³-hybridized carbons (Fsp3) is 0.381. The summed E-state index contributed by atoms with van der Waals surface area (Å²) in [6.07, 6.45) is 2.54. The van der Waals surface area contributed by atoms with Crippen LogP contribution in [0.1, 0.15) is 39.2 Å². The quantitative estimate of drug-likeness (QED) is 0.664. The van der Waals surface area contributed by atoms with Gasteiger partial charge in [-0.05, 0) is 61.7 Å². The van der Waals surface area contributed by atoms with Crippen molar-refractivity contribution in [2.75, 3.05) is 11.9 Å². The smallest absolute Gasteiger partial charge is 0.265 e. The Morgan fingerprint density at radius 2 is 1.64 bits per heavy atom. The monoisotopic (exact) mass is 341 g/mol. The van der Waals surface area contributed by atoms with Gasteiger partial charge in [-0.2, -0.15) is 0 Å². The highest BCUT2D eigenvalue weighted by atomic mass is 16.5. The summed E-state index contributed by atoms with van der Waals surface area (Å²) in [5, 5.41) is 2.86. The van der Waals surface area contributed by atoms with E-state index >= 15 is 0 Å². The molecule has 2 rings (SSSR count). The summed E-state index contributed by atoms with van der Waals surface area (Å²) in [5.41, 5.74) is 1.97. The number of unbranched alkanes of at least 4 members (excludes halogenated alkanes) is 1. The number of anilines is 1. The molecule has 0 saturated carbocycles. The molecule has 0 radical (unpaired) electrons. The number of hydrogen-bond acceptors (Lipinski definition) is 3. The van der Waals surface area contributed by atoms with E-state index in [0.29, 0.717) is 12.4 Å². The van der Waals surface area contributed by atoms with Crippen LogP contribution in [0, 0.1) is 0 Å². The predicted molar refractivity (Wildman–Crippen MR) is 101 cm³/mol. The van der Waals surface area contributed by atoms with Gasteiger partial charge < -0.3 is 14.8 Å². The standard InChI is InChI=1S/C21H27NO3/c1-4-6-15-24-19-13-9-18(10-14-19)22-21(23)16(3)25-20-11-7-17(5-2)8-12-20/h7-14,16H,4-6,15H2,1-3H3,(H,22,23). The van der Waals surface area contributed by atoms with Gasteiger partial charge in [0.25, 0.3) is 5.91 Å². The van der Waals surface area contributed by atoms with Gasteiger partial charge >= 0.3 is 0 Å². The van der Waals surface area contributed by atoms with Crippen molar-refractivity contribution >= 4 is 11.6 Å². The van der Waals surface area contributed by atoms with E-state index in [1.54, 1.807) is 6.92 Å². The number of carbonyl (C=O) groups is 1. The van der Waals surface area contributed by atoms with Crippen molar-refractivity contribution in [3.8, 4) is 11.5 Å².